The summed E-state index contributed by atoms with van der Waals surface area (Å²) >= 11 is 0. The minimum atomic E-state index is -5.35. The maximum Gasteiger partial charge on any atom is 0.410 e. The summed E-state index contributed by atoms with van der Waals surface area (Å²) in [5.74, 6) is -13.3. The molecule has 242 valence electrons. The van der Waals surface area contributed by atoms with E-state index in [1.54, 1.807) is 0 Å². The van der Waals surface area contributed by atoms with Crippen LogP contribution in [0.15, 0.2) is 84.0 Å². The molecule has 2 rings (SSSR count). The summed E-state index contributed by atoms with van der Waals surface area (Å²) in [5, 5.41) is 0. The topological polar surface area (TPSA) is 9.23 Å². The Hall–Kier alpha value is -2.72. The zero-order chi connectivity index (χ0) is 32.7. The van der Waals surface area contributed by atoms with Gasteiger partial charge in [0.05, 0.1) is 0 Å². The van der Waals surface area contributed by atoms with Crippen molar-refractivity contribution in [3.05, 3.63) is 84.0 Å². The average molecular weight is 629 g/mol. The molecule has 2 aliphatic carbocycles. The van der Waals surface area contributed by atoms with Crippen molar-refractivity contribution in [2.75, 3.05) is 0 Å². The van der Waals surface area contributed by atoms with Crippen molar-refractivity contribution in [1.29, 1.82) is 0 Å². The van der Waals surface area contributed by atoms with E-state index in [1.807, 2.05) is 12.2 Å². The van der Waals surface area contributed by atoms with Crippen LogP contribution in [0, 0.1) is 29.6 Å². The van der Waals surface area contributed by atoms with Gasteiger partial charge in [-0.05, 0) is 67.9 Å². The van der Waals surface area contributed by atoms with Gasteiger partial charge >= 0.3 is 12.3 Å². The Balaban J connectivity index is 2.18. The Morgan fingerprint density at radius 3 is 2.21 bits per heavy atom. The Morgan fingerprint density at radius 2 is 1.70 bits per heavy atom. The average Bonchev–Trinajstić information content (AvgIpc) is 2.86. The van der Waals surface area contributed by atoms with E-state index >= 15 is 8.78 Å². The minimum absolute atomic E-state index is 0.0507. The van der Waals surface area contributed by atoms with Crippen molar-refractivity contribution < 1.29 is 48.6 Å². The lowest BCUT2D eigenvalue weighted by Crippen LogP contribution is -2.38. The lowest BCUT2D eigenvalue weighted by Gasteiger charge is -2.30. The van der Waals surface area contributed by atoms with Crippen LogP contribution in [0.3, 0.4) is 0 Å². The van der Waals surface area contributed by atoms with Crippen LogP contribution >= 0.6 is 0 Å². The van der Waals surface area contributed by atoms with Gasteiger partial charge in [0.25, 0.3) is 0 Å². The van der Waals surface area contributed by atoms with Gasteiger partial charge in [0.1, 0.15) is 47.4 Å². The van der Waals surface area contributed by atoms with Crippen molar-refractivity contribution in [2.45, 2.75) is 83.9 Å². The number of unbranched alkanes of at least 4 members (excludes halogenated alkanes) is 1. The molecule has 0 bridgehead atoms. The number of hydrogen-bond donors (Lipinski definition) is 0. The Morgan fingerprint density at radius 1 is 1.05 bits per heavy atom. The first kappa shape index (κ1) is 36.5. The molecular formula is C32H38F10O. The van der Waals surface area contributed by atoms with Crippen LogP contribution in [-0.4, -0.2) is 24.6 Å². The van der Waals surface area contributed by atoms with Crippen LogP contribution < -0.4 is 0 Å². The summed E-state index contributed by atoms with van der Waals surface area (Å²) in [7, 11) is 0. The first-order valence-electron chi connectivity index (χ1n) is 14.2. The van der Waals surface area contributed by atoms with Crippen LogP contribution in [0.25, 0.3) is 0 Å². The van der Waals surface area contributed by atoms with Gasteiger partial charge in [0.2, 0.25) is 0 Å². The molecule has 0 radical (unpaired) electrons. The molecule has 0 aliphatic heterocycles. The van der Waals surface area contributed by atoms with E-state index in [2.05, 4.69) is 31.7 Å². The second-order valence-electron chi connectivity index (χ2n) is 11.0. The molecule has 0 fully saturated rings. The van der Waals surface area contributed by atoms with Gasteiger partial charge in [-0.1, -0.05) is 52.0 Å². The number of hydrogen-bond acceptors (Lipinski definition) is 1. The first-order chi connectivity index (χ1) is 19.9. The van der Waals surface area contributed by atoms with Gasteiger partial charge in [-0.15, -0.1) is 0 Å². The van der Waals surface area contributed by atoms with E-state index in [0.717, 1.165) is 25.7 Å². The second-order valence-corrected chi connectivity index (χ2v) is 11.0. The zero-order valence-corrected chi connectivity index (χ0v) is 24.4. The quantitative estimate of drug-likeness (QED) is 0.137. The fourth-order valence-electron chi connectivity index (χ4n) is 5.13. The SMILES string of the molecule is C=C(/C=C(/F)[C@H](C(C)F)C(F)(F)OC1=C[C@H](F)C(C(F)(F)F)C(F)=C1)[C@H]1CC[C@@H](C(=C)/C=C\[C@@H](CC)CCCC)C=C1F. The fraction of sp³-hybridized carbons (Fsp3) is 0.562. The molecule has 0 aromatic rings. The van der Waals surface area contributed by atoms with Gasteiger partial charge in [-0.2, -0.15) is 22.0 Å². The highest BCUT2D eigenvalue weighted by molar-refractivity contribution is 5.33. The van der Waals surface area contributed by atoms with Gasteiger partial charge in [0, 0.05) is 17.9 Å². The first-order valence-corrected chi connectivity index (χ1v) is 14.2. The highest BCUT2D eigenvalue weighted by Gasteiger charge is 2.52. The second kappa shape index (κ2) is 15.3. The van der Waals surface area contributed by atoms with E-state index < -0.39 is 65.6 Å². The summed E-state index contributed by atoms with van der Waals surface area (Å²) in [6.45, 7) is 12.3. The lowest BCUT2D eigenvalue weighted by atomic mass is 9.80. The fourth-order valence-corrected chi connectivity index (χ4v) is 5.13. The molecule has 0 aromatic carbocycles. The Kier molecular flexibility index (Phi) is 13.0. The monoisotopic (exact) mass is 628 g/mol. The normalized spacial score (nSPS) is 25.9. The molecule has 0 amide bonds. The molecule has 0 aromatic heterocycles. The molecule has 0 heterocycles. The number of rotatable bonds is 14. The molecule has 0 spiro atoms. The summed E-state index contributed by atoms with van der Waals surface area (Å²) in [6, 6.07) is 0. The molecule has 0 N–H and O–H groups in total. The smallest absolute Gasteiger partial charge is 0.410 e. The molecular weight excluding hydrogens is 590 g/mol. The zero-order valence-electron chi connectivity index (χ0n) is 24.4. The van der Waals surface area contributed by atoms with Crippen molar-refractivity contribution in [2.24, 2.45) is 29.6 Å². The molecule has 2 aliphatic rings. The van der Waals surface area contributed by atoms with E-state index in [0.29, 0.717) is 30.9 Å². The molecule has 2 unspecified atom stereocenters. The summed E-state index contributed by atoms with van der Waals surface area (Å²) in [4.78, 5) is 0. The molecule has 7 atom stereocenters. The summed E-state index contributed by atoms with van der Waals surface area (Å²) in [5.41, 5.74) is 0.413. The third-order valence-electron chi connectivity index (χ3n) is 7.69. The highest BCUT2D eigenvalue weighted by Crippen LogP contribution is 2.44. The van der Waals surface area contributed by atoms with Crippen molar-refractivity contribution in [3.63, 3.8) is 0 Å². The Labute approximate surface area is 246 Å². The largest absolute Gasteiger partial charge is 0.432 e. The number of allylic oxidation sites excluding steroid dienone is 10. The standard InChI is InChI=1S/C32H38F10O/c1-6-8-9-21(7-2)11-10-18(3)22-12-13-24(25(34)15-22)19(4)14-26(35)29(20(5)33)32(41,42)43-23-16-27(36)30(28(37)17-23)31(38,39)40/h10-11,14-17,20-22,24,27,29-30H,3-4,6-9,12-13H2,1-2,5H3/b11-10-,26-14+/t20?,21-,22+,24+,27-,29-,30?/m0/s1. The minimum Gasteiger partial charge on any atom is -0.432 e. The van der Waals surface area contributed by atoms with Crippen molar-refractivity contribution >= 4 is 0 Å². The van der Waals surface area contributed by atoms with E-state index in [9.17, 15) is 35.1 Å². The third-order valence-corrected chi connectivity index (χ3v) is 7.69. The van der Waals surface area contributed by atoms with Crippen LogP contribution in [-0.2, 0) is 4.74 Å². The number of ether oxygens (including phenoxy) is 1. The summed E-state index contributed by atoms with van der Waals surface area (Å²) < 4.78 is 145. The summed E-state index contributed by atoms with van der Waals surface area (Å²) in [6.07, 6.45) is -5.76. The van der Waals surface area contributed by atoms with Crippen LogP contribution in [0.2, 0.25) is 0 Å². The molecule has 1 nitrogen and oxygen atoms in total. The molecule has 0 saturated heterocycles. The van der Waals surface area contributed by atoms with E-state index in [4.69, 9.17) is 0 Å². The van der Waals surface area contributed by atoms with Crippen molar-refractivity contribution in [3.8, 4) is 0 Å². The van der Waals surface area contributed by atoms with Gasteiger partial charge in [-0.3, -0.25) is 0 Å². The Bertz CT molecular complexity index is 1140. The van der Waals surface area contributed by atoms with Crippen LogP contribution in [0.4, 0.5) is 43.9 Å². The van der Waals surface area contributed by atoms with Gasteiger partial charge < -0.3 is 4.74 Å². The van der Waals surface area contributed by atoms with Crippen LogP contribution in [0.1, 0.15) is 59.3 Å². The predicted molar refractivity (Wildman–Crippen MR) is 147 cm³/mol. The molecule has 0 saturated carbocycles. The van der Waals surface area contributed by atoms with Crippen molar-refractivity contribution in [1.82, 2.24) is 0 Å². The van der Waals surface area contributed by atoms with Crippen LogP contribution in [0.5, 0.6) is 0 Å². The number of halogens is 10. The van der Waals surface area contributed by atoms with E-state index in [-0.39, 0.29) is 30.1 Å². The molecule has 43 heavy (non-hydrogen) atoms. The predicted octanol–water partition coefficient (Wildman–Crippen LogP) is 11.5. The maximum absolute atomic E-state index is 15.1. The van der Waals surface area contributed by atoms with Gasteiger partial charge in [-0.25, -0.2) is 22.0 Å². The number of alkyl halides is 7. The van der Waals surface area contributed by atoms with Gasteiger partial charge in [0.15, 0.2) is 0 Å². The third kappa shape index (κ3) is 9.89. The highest BCUT2D eigenvalue weighted by atomic mass is 19.4. The lowest BCUT2D eigenvalue weighted by molar-refractivity contribution is -0.252. The van der Waals surface area contributed by atoms with E-state index in [1.165, 1.54) is 6.08 Å². The molecule has 11 heteroatoms. The maximum atomic E-state index is 15.1.